The lowest BCUT2D eigenvalue weighted by molar-refractivity contribution is 0.447. The molecule has 0 spiro atoms. The zero-order valence-electron chi connectivity index (χ0n) is 16.8. The first-order valence-corrected chi connectivity index (χ1v) is 10.1. The second kappa shape index (κ2) is 9.03. The minimum absolute atomic E-state index is 0.280. The molecule has 6 nitrogen and oxygen atoms in total. The van der Waals surface area contributed by atoms with Crippen LogP contribution < -0.4 is 21.3 Å². The fraction of sp³-hybridized carbons (Fsp3) is 0.304. The molecular weight excluding hydrogens is 360 g/mol. The maximum Gasteiger partial charge on any atom is 0.222 e. The van der Waals surface area contributed by atoms with Crippen LogP contribution in [0.4, 0.5) is 11.8 Å². The van der Waals surface area contributed by atoms with E-state index in [1.54, 1.807) is 0 Å². The first-order valence-electron chi connectivity index (χ1n) is 10.1. The molecule has 1 aliphatic heterocycles. The van der Waals surface area contributed by atoms with Gasteiger partial charge in [0.1, 0.15) is 5.82 Å². The number of nitrogens with zero attached hydrogens (tertiary/aromatic N) is 3. The molecule has 2 heterocycles. The first kappa shape index (κ1) is 19.4. The predicted molar refractivity (Wildman–Crippen MR) is 118 cm³/mol. The SMILES string of the molecule is CNC1CN(c2cc(CNCC(c3ccccc3)c3ccccc3)nc(N)n2)C1. The minimum atomic E-state index is 0.280. The van der Waals surface area contributed by atoms with Crippen molar-refractivity contribution in [3.8, 4) is 0 Å². The van der Waals surface area contributed by atoms with Crippen LogP contribution >= 0.6 is 0 Å². The Hall–Kier alpha value is -2.96. The summed E-state index contributed by atoms with van der Waals surface area (Å²) in [6, 6.07) is 23.8. The summed E-state index contributed by atoms with van der Waals surface area (Å²) in [6.07, 6.45) is 0. The van der Waals surface area contributed by atoms with Gasteiger partial charge in [-0.15, -0.1) is 0 Å². The van der Waals surface area contributed by atoms with E-state index in [1.165, 1.54) is 11.1 Å². The Bertz CT molecular complexity index is 870. The van der Waals surface area contributed by atoms with Crippen molar-refractivity contribution >= 4 is 11.8 Å². The average Bonchev–Trinajstić information content (AvgIpc) is 2.71. The summed E-state index contributed by atoms with van der Waals surface area (Å²) in [5.74, 6) is 1.51. The van der Waals surface area contributed by atoms with Crippen molar-refractivity contribution in [2.75, 3.05) is 37.3 Å². The van der Waals surface area contributed by atoms with Crippen LogP contribution in [0.1, 0.15) is 22.7 Å². The molecule has 2 aromatic carbocycles. The van der Waals surface area contributed by atoms with Crippen molar-refractivity contribution in [1.82, 2.24) is 20.6 Å². The van der Waals surface area contributed by atoms with Gasteiger partial charge in [-0.2, -0.15) is 4.98 Å². The quantitative estimate of drug-likeness (QED) is 0.550. The van der Waals surface area contributed by atoms with Gasteiger partial charge in [0.15, 0.2) is 0 Å². The highest BCUT2D eigenvalue weighted by molar-refractivity contribution is 5.46. The molecule has 1 aliphatic rings. The summed E-state index contributed by atoms with van der Waals surface area (Å²) < 4.78 is 0. The third-order valence-corrected chi connectivity index (χ3v) is 5.46. The summed E-state index contributed by atoms with van der Waals surface area (Å²) in [5.41, 5.74) is 9.48. The number of nitrogens with one attached hydrogen (secondary N) is 2. The van der Waals surface area contributed by atoms with Crippen LogP contribution in [0.25, 0.3) is 0 Å². The van der Waals surface area contributed by atoms with E-state index in [-0.39, 0.29) is 5.92 Å². The molecule has 0 bridgehead atoms. The van der Waals surface area contributed by atoms with Gasteiger partial charge in [0, 0.05) is 44.2 Å². The molecule has 0 unspecified atom stereocenters. The lowest BCUT2D eigenvalue weighted by atomic mass is 9.91. The van der Waals surface area contributed by atoms with Gasteiger partial charge in [-0.25, -0.2) is 4.98 Å². The largest absolute Gasteiger partial charge is 0.368 e. The molecule has 0 radical (unpaired) electrons. The van der Waals surface area contributed by atoms with Gasteiger partial charge in [0.25, 0.3) is 0 Å². The Morgan fingerprint density at radius 3 is 2.21 bits per heavy atom. The molecule has 4 N–H and O–H groups in total. The summed E-state index contributed by atoms with van der Waals surface area (Å²) in [6.45, 7) is 3.37. The van der Waals surface area contributed by atoms with E-state index in [1.807, 2.05) is 13.1 Å². The molecule has 0 saturated carbocycles. The fourth-order valence-corrected chi connectivity index (χ4v) is 3.75. The zero-order valence-corrected chi connectivity index (χ0v) is 16.8. The Morgan fingerprint density at radius 1 is 1.00 bits per heavy atom. The van der Waals surface area contributed by atoms with Crippen LogP contribution in [-0.2, 0) is 6.54 Å². The summed E-state index contributed by atoms with van der Waals surface area (Å²) in [7, 11) is 1.99. The fourth-order valence-electron chi connectivity index (χ4n) is 3.75. The molecule has 150 valence electrons. The number of benzene rings is 2. The number of hydrogen-bond acceptors (Lipinski definition) is 6. The number of rotatable bonds is 8. The maximum atomic E-state index is 5.96. The van der Waals surface area contributed by atoms with Crippen molar-refractivity contribution in [1.29, 1.82) is 0 Å². The highest BCUT2D eigenvalue weighted by Gasteiger charge is 2.26. The Morgan fingerprint density at radius 2 is 1.62 bits per heavy atom. The maximum absolute atomic E-state index is 5.96. The molecule has 0 aliphatic carbocycles. The number of nitrogen functional groups attached to an aromatic ring is 1. The Balaban J connectivity index is 1.43. The summed E-state index contributed by atoms with van der Waals surface area (Å²) in [4.78, 5) is 11.0. The predicted octanol–water partition coefficient (Wildman–Crippen LogP) is 2.39. The highest BCUT2D eigenvalue weighted by Crippen LogP contribution is 2.24. The van der Waals surface area contributed by atoms with Gasteiger partial charge < -0.3 is 21.3 Å². The topological polar surface area (TPSA) is 79.1 Å². The third kappa shape index (κ3) is 4.72. The van der Waals surface area contributed by atoms with Crippen LogP contribution in [0.2, 0.25) is 0 Å². The minimum Gasteiger partial charge on any atom is -0.368 e. The molecule has 3 aromatic rings. The smallest absolute Gasteiger partial charge is 0.222 e. The summed E-state index contributed by atoms with van der Waals surface area (Å²) >= 11 is 0. The van der Waals surface area contributed by atoms with E-state index >= 15 is 0 Å². The van der Waals surface area contributed by atoms with Gasteiger partial charge in [-0.3, -0.25) is 0 Å². The standard InChI is InChI=1S/C23H28N6/c1-25-20-15-29(16-20)22-12-19(27-23(24)28-22)13-26-14-21(17-8-4-2-5-9-17)18-10-6-3-7-11-18/h2-12,20-21,25-26H,13-16H2,1H3,(H2,24,27,28). The van der Waals surface area contributed by atoms with Gasteiger partial charge in [0.05, 0.1) is 5.69 Å². The monoisotopic (exact) mass is 388 g/mol. The van der Waals surface area contributed by atoms with E-state index in [0.717, 1.165) is 31.1 Å². The number of anilines is 2. The van der Waals surface area contributed by atoms with Crippen LogP contribution in [0.3, 0.4) is 0 Å². The van der Waals surface area contributed by atoms with E-state index in [4.69, 9.17) is 5.73 Å². The molecular formula is C23H28N6. The third-order valence-electron chi connectivity index (χ3n) is 5.46. The molecule has 4 rings (SSSR count). The van der Waals surface area contributed by atoms with E-state index in [9.17, 15) is 0 Å². The van der Waals surface area contributed by atoms with Crippen LogP contribution in [0.15, 0.2) is 66.7 Å². The lowest BCUT2D eigenvalue weighted by Gasteiger charge is -2.40. The second-order valence-corrected chi connectivity index (χ2v) is 7.47. The zero-order chi connectivity index (χ0) is 20.1. The molecule has 1 saturated heterocycles. The van der Waals surface area contributed by atoms with Crippen molar-refractivity contribution in [3.63, 3.8) is 0 Å². The Labute approximate surface area is 172 Å². The first-order chi connectivity index (χ1) is 14.2. The summed E-state index contributed by atoms with van der Waals surface area (Å²) in [5, 5.41) is 6.85. The van der Waals surface area contributed by atoms with Crippen LogP contribution in [0.5, 0.6) is 0 Å². The Kier molecular flexibility index (Phi) is 6.03. The van der Waals surface area contributed by atoms with Crippen molar-refractivity contribution in [2.45, 2.75) is 18.5 Å². The van der Waals surface area contributed by atoms with Gasteiger partial charge in [-0.05, 0) is 18.2 Å². The molecule has 29 heavy (non-hydrogen) atoms. The number of likely N-dealkylation sites (N-methyl/N-ethyl adjacent to an activating group) is 1. The van der Waals surface area contributed by atoms with Gasteiger partial charge in [-0.1, -0.05) is 60.7 Å². The van der Waals surface area contributed by atoms with E-state index in [2.05, 4.69) is 86.2 Å². The normalized spacial score (nSPS) is 14.2. The van der Waals surface area contributed by atoms with Gasteiger partial charge in [0.2, 0.25) is 5.95 Å². The molecule has 0 amide bonds. The van der Waals surface area contributed by atoms with Crippen molar-refractivity contribution in [3.05, 3.63) is 83.6 Å². The molecule has 1 fully saturated rings. The van der Waals surface area contributed by atoms with Crippen molar-refractivity contribution < 1.29 is 0 Å². The van der Waals surface area contributed by atoms with E-state index < -0.39 is 0 Å². The number of aromatic nitrogens is 2. The number of nitrogens with two attached hydrogens (primary N) is 1. The van der Waals surface area contributed by atoms with Gasteiger partial charge >= 0.3 is 0 Å². The molecule has 6 heteroatoms. The van der Waals surface area contributed by atoms with Crippen LogP contribution in [0, 0.1) is 0 Å². The molecule has 0 atom stereocenters. The lowest BCUT2D eigenvalue weighted by Crippen LogP contribution is -2.57. The van der Waals surface area contributed by atoms with Crippen molar-refractivity contribution in [2.24, 2.45) is 0 Å². The molecule has 1 aromatic heterocycles. The second-order valence-electron chi connectivity index (χ2n) is 7.47. The number of hydrogen-bond donors (Lipinski definition) is 3. The highest BCUT2D eigenvalue weighted by atomic mass is 15.3. The average molecular weight is 389 g/mol. The van der Waals surface area contributed by atoms with E-state index in [0.29, 0.717) is 18.5 Å². The van der Waals surface area contributed by atoms with Crippen LogP contribution in [-0.4, -0.2) is 42.7 Å².